The number of benzene rings is 2. The molecule has 0 aliphatic rings. The van der Waals surface area contributed by atoms with Crippen molar-refractivity contribution in [3.8, 4) is 0 Å². The SMILES string of the molecule is Cc1cc(C)c(NC(=O)CN(CC(=O)O)CC(=O)O)c(C)c1Br.Cc1cc(C)c(NC(=O)CN(CC(=O)O)CC(=O)O)c(C)c1Br. The van der Waals surface area contributed by atoms with Gasteiger partial charge in [-0.2, -0.15) is 0 Å². The Morgan fingerprint density at radius 2 is 0.783 bits per heavy atom. The van der Waals surface area contributed by atoms with Crippen LogP contribution in [-0.4, -0.2) is 105 Å². The lowest BCUT2D eigenvalue weighted by Crippen LogP contribution is -2.40. The number of carboxylic acid groups (broad SMARTS) is 4. The zero-order chi connectivity index (χ0) is 35.5. The second-order valence-electron chi connectivity index (χ2n) is 10.6. The summed E-state index contributed by atoms with van der Waals surface area (Å²) in [7, 11) is 0. The van der Waals surface area contributed by atoms with E-state index >= 15 is 0 Å². The first kappa shape index (κ1) is 40.2. The molecule has 0 fully saturated rings. The van der Waals surface area contributed by atoms with Crippen molar-refractivity contribution in [2.75, 3.05) is 49.9 Å². The summed E-state index contributed by atoms with van der Waals surface area (Å²) in [6.07, 6.45) is 0. The van der Waals surface area contributed by atoms with Gasteiger partial charge in [-0.1, -0.05) is 44.0 Å². The monoisotopic (exact) mass is 772 g/mol. The molecule has 0 saturated carbocycles. The molecule has 252 valence electrons. The molecule has 0 aromatic heterocycles. The summed E-state index contributed by atoms with van der Waals surface area (Å²) in [5, 5.41) is 40.6. The number of amides is 2. The van der Waals surface area contributed by atoms with Crippen molar-refractivity contribution in [3.05, 3.63) is 54.5 Å². The Hall–Kier alpha value is -3.86. The number of hydrogen-bond donors (Lipinski definition) is 6. The fourth-order valence-corrected chi connectivity index (χ4v) is 5.20. The van der Waals surface area contributed by atoms with E-state index in [1.807, 2.05) is 53.7 Å². The summed E-state index contributed by atoms with van der Waals surface area (Å²) < 4.78 is 1.76. The van der Waals surface area contributed by atoms with Gasteiger partial charge in [0.05, 0.1) is 39.3 Å². The van der Waals surface area contributed by atoms with Crippen LogP contribution in [0.15, 0.2) is 21.1 Å². The number of nitrogens with one attached hydrogen (secondary N) is 2. The zero-order valence-electron chi connectivity index (χ0n) is 26.3. The summed E-state index contributed by atoms with van der Waals surface area (Å²) in [6, 6.07) is 3.83. The van der Waals surface area contributed by atoms with Crippen molar-refractivity contribution < 1.29 is 49.2 Å². The molecule has 14 nitrogen and oxygen atoms in total. The molecule has 0 unspecified atom stereocenters. The zero-order valence-corrected chi connectivity index (χ0v) is 29.5. The maximum Gasteiger partial charge on any atom is 0.317 e. The van der Waals surface area contributed by atoms with Crippen LogP contribution in [0.2, 0.25) is 0 Å². The Kier molecular flexibility index (Phi) is 16.0. The van der Waals surface area contributed by atoms with Gasteiger partial charge in [0.2, 0.25) is 11.8 Å². The number of aryl methyl sites for hydroxylation is 4. The maximum absolute atomic E-state index is 12.1. The van der Waals surface area contributed by atoms with Gasteiger partial charge in [0.25, 0.3) is 0 Å². The van der Waals surface area contributed by atoms with E-state index in [1.165, 1.54) is 0 Å². The van der Waals surface area contributed by atoms with Crippen molar-refractivity contribution in [3.63, 3.8) is 0 Å². The topological polar surface area (TPSA) is 214 Å². The molecule has 2 aromatic carbocycles. The summed E-state index contributed by atoms with van der Waals surface area (Å²) in [5.74, 6) is -5.69. The van der Waals surface area contributed by atoms with Crippen LogP contribution in [0.1, 0.15) is 33.4 Å². The molecule has 0 radical (unpaired) electrons. The molecule has 16 heteroatoms. The number of nitrogens with zero attached hydrogens (tertiary/aromatic N) is 2. The van der Waals surface area contributed by atoms with Gasteiger partial charge < -0.3 is 31.1 Å². The first-order chi connectivity index (χ1) is 21.2. The molecule has 2 amide bonds. The Labute approximate surface area is 283 Å². The first-order valence-corrected chi connectivity index (χ1v) is 15.3. The molecule has 2 aromatic rings. The summed E-state index contributed by atoms with van der Waals surface area (Å²) in [5.41, 5.74) is 6.82. The van der Waals surface area contributed by atoms with E-state index in [2.05, 4.69) is 42.5 Å². The Balaban J connectivity index is 0.000000460. The lowest BCUT2D eigenvalue weighted by atomic mass is 10.0. The van der Waals surface area contributed by atoms with E-state index in [0.29, 0.717) is 11.4 Å². The normalized spacial score (nSPS) is 10.7. The fourth-order valence-electron chi connectivity index (χ4n) is 4.57. The van der Waals surface area contributed by atoms with E-state index in [9.17, 15) is 28.8 Å². The van der Waals surface area contributed by atoms with E-state index < -0.39 is 61.9 Å². The highest BCUT2D eigenvalue weighted by Gasteiger charge is 2.20. The average molecular weight is 774 g/mol. The van der Waals surface area contributed by atoms with Crippen LogP contribution in [-0.2, 0) is 28.8 Å². The van der Waals surface area contributed by atoms with Gasteiger partial charge in [-0.25, -0.2) is 0 Å². The van der Waals surface area contributed by atoms with Gasteiger partial charge in [0.1, 0.15) is 0 Å². The predicted molar refractivity (Wildman–Crippen MR) is 177 cm³/mol. The number of aliphatic carboxylic acids is 4. The number of carboxylic acids is 4. The number of anilines is 2. The predicted octanol–water partition coefficient (Wildman–Crippen LogP) is 3.57. The van der Waals surface area contributed by atoms with Crippen LogP contribution in [0.4, 0.5) is 11.4 Å². The molecule has 0 atom stereocenters. The third-order valence-electron chi connectivity index (χ3n) is 6.45. The molecule has 0 saturated heterocycles. The van der Waals surface area contributed by atoms with E-state index in [0.717, 1.165) is 52.1 Å². The highest BCUT2D eigenvalue weighted by Crippen LogP contribution is 2.31. The lowest BCUT2D eigenvalue weighted by molar-refractivity contribution is -0.144. The highest BCUT2D eigenvalue weighted by molar-refractivity contribution is 9.10. The van der Waals surface area contributed by atoms with Crippen LogP contribution < -0.4 is 10.6 Å². The van der Waals surface area contributed by atoms with Gasteiger partial charge in [-0.15, -0.1) is 0 Å². The van der Waals surface area contributed by atoms with Gasteiger partial charge in [0.15, 0.2) is 0 Å². The Morgan fingerprint density at radius 1 is 0.522 bits per heavy atom. The average Bonchev–Trinajstić information content (AvgIpc) is 2.90. The van der Waals surface area contributed by atoms with Crippen LogP contribution in [0.3, 0.4) is 0 Å². The van der Waals surface area contributed by atoms with Crippen molar-refractivity contribution in [2.45, 2.75) is 41.5 Å². The first-order valence-electron chi connectivity index (χ1n) is 13.7. The summed E-state index contributed by atoms with van der Waals surface area (Å²) in [6.45, 7) is 8.59. The summed E-state index contributed by atoms with van der Waals surface area (Å²) in [4.78, 5) is 69.4. The molecule has 2 rings (SSSR count). The van der Waals surface area contributed by atoms with Crippen molar-refractivity contribution in [1.29, 1.82) is 0 Å². The minimum Gasteiger partial charge on any atom is -0.480 e. The Bertz CT molecular complexity index is 1370. The number of hydrogen-bond acceptors (Lipinski definition) is 8. The quantitative estimate of drug-likeness (QED) is 0.163. The van der Waals surface area contributed by atoms with Crippen LogP contribution in [0.25, 0.3) is 0 Å². The molecule has 0 heterocycles. The number of carbonyl (C=O) groups excluding carboxylic acids is 2. The smallest absolute Gasteiger partial charge is 0.317 e. The molecule has 6 N–H and O–H groups in total. The third-order valence-corrected chi connectivity index (χ3v) is 8.89. The lowest BCUT2D eigenvalue weighted by Gasteiger charge is -2.19. The minimum absolute atomic E-state index is 0.316. The second-order valence-corrected chi connectivity index (χ2v) is 12.2. The van der Waals surface area contributed by atoms with Gasteiger partial charge >= 0.3 is 23.9 Å². The third kappa shape index (κ3) is 13.2. The summed E-state index contributed by atoms with van der Waals surface area (Å²) >= 11 is 6.91. The molecule has 0 spiro atoms. The van der Waals surface area contributed by atoms with E-state index in [4.69, 9.17) is 20.4 Å². The van der Waals surface area contributed by atoms with Crippen molar-refractivity contribution in [2.24, 2.45) is 0 Å². The Morgan fingerprint density at radius 3 is 1.02 bits per heavy atom. The maximum atomic E-state index is 12.1. The standard InChI is InChI=1S/2C15H19BrN2O5/c2*1-8-4-9(2)15(10(3)14(8)16)17-11(19)5-18(6-12(20)21)7-13(22)23/h2*4H,5-7H2,1-3H3,(H,17,19)(H,20,21)(H,22,23). The number of halogens is 2. The number of rotatable bonds is 14. The van der Waals surface area contributed by atoms with Crippen molar-refractivity contribution in [1.82, 2.24) is 9.80 Å². The molecule has 0 aliphatic heterocycles. The molecular formula is C30H38Br2N4O10. The highest BCUT2D eigenvalue weighted by atomic mass is 79.9. The largest absolute Gasteiger partial charge is 0.480 e. The fraction of sp³-hybridized carbons (Fsp3) is 0.400. The van der Waals surface area contributed by atoms with E-state index in [1.54, 1.807) is 0 Å². The van der Waals surface area contributed by atoms with Gasteiger partial charge in [-0.05, 0) is 74.9 Å². The van der Waals surface area contributed by atoms with Gasteiger partial charge in [-0.3, -0.25) is 38.6 Å². The molecule has 46 heavy (non-hydrogen) atoms. The molecule has 0 bridgehead atoms. The molecular weight excluding hydrogens is 736 g/mol. The van der Waals surface area contributed by atoms with Crippen molar-refractivity contribution >= 4 is 78.9 Å². The second kappa shape index (κ2) is 18.3. The van der Waals surface area contributed by atoms with Gasteiger partial charge in [0, 0.05) is 20.3 Å². The minimum atomic E-state index is -1.19. The van der Waals surface area contributed by atoms with E-state index in [-0.39, 0.29) is 13.1 Å². The van der Waals surface area contributed by atoms with Crippen LogP contribution in [0, 0.1) is 41.5 Å². The van der Waals surface area contributed by atoms with Crippen LogP contribution >= 0.6 is 31.9 Å². The van der Waals surface area contributed by atoms with Crippen LogP contribution in [0.5, 0.6) is 0 Å². The number of carbonyl (C=O) groups is 6. The molecule has 0 aliphatic carbocycles.